The normalized spacial score (nSPS) is 11.1. The maximum atomic E-state index is 12.5. The molecule has 13 nitrogen and oxygen atoms in total. The first-order chi connectivity index (χ1) is 15.0. The van der Waals surface area contributed by atoms with Crippen molar-refractivity contribution in [3.8, 4) is 0 Å². The van der Waals surface area contributed by atoms with Crippen molar-refractivity contribution in [3.63, 3.8) is 0 Å². The Kier molecular flexibility index (Phi) is 5.89. The molecule has 0 saturated carbocycles. The van der Waals surface area contributed by atoms with Crippen LogP contribution in [0, 0.1) is 34.1 Å². The van der Waals surface area contributed by atoms with Gasteiger partial charge in [-0.25, -0.2) is 13.1 Å². The zero-order valence-electron chi connectivity index (χ0n) is 16.6. The molecule has 3 aromatic rings. The lowest BCUT2D eigenvalue weighted by molar-refractivity contribution is -0.394. The Hall–Kier alpha value is -4.33. The smallest absolute Gasteiger partial charge is 0.277 e. The summed E-state index contributed by atoms with van der Waals surface area (Å²) >= 11 is 0. The molecular formula is C18H15N5O8S. The van der Waals surface area contributed by atoms with Crippen LogP contribution in [0.5, 0.6) is 0 Å². The number of nitro benzene ring substituents is 2. The largest absolute Gasteiger partial charge is 0.337 e. The summed E-state index contributed by atoms with van der Waals surface area (Å²) in [4.78, 5) is 32.5. The number of carbonyl (C=O) groups excluding carboxylic acids is 1. The maximum absolute atomic E-state index is 12.5. The van der Waals surface area contributed by atoms with Gasteiger partial charge in [0.2, 0.25) is 5.88 Å². The number of hydrogen-bond donors (Lipinski definition) is 2. The zero-order valence-corrected chi connectivity index (χ0v) is 17.4. The number of aromatic nitrogens is 1. The van der Waals surface area contributed by atoms with Gasteiger partial charge in [-0.15, -0.1) is 0 Å². The predicted octanol–water partition coefficient (Wildman–Crippen LogP) is 3.16. The first kappa shape index (κ1) is 22.4. The second-order valence-corrected chi connectivity index (χ2v) is 8.24. The number of rotatable bonds is 7. The number of sulfonamides is 1. The number of carbonyl (C=O) groups is 1. The van der Waals surface area contributed by atoms with Crippen molar-refractivity contribution in [3.05, 3.63) is 79.5 Å². The summed E-state index contributed by atoms with van der Waals surface area (Å²) in [5.74, 6) is -0.870. The molecule has 0 aliphatic rings. The lowest BCUT2D eigenvalue weighted by atomic mass is 10.1. The molecule has 0 atom stereocenters. The Balaban J connectivity index is 1.80. The van der Waals surface area contributed by atoms with Crippen LogP contribution in [0.2, 0.25) is 0 Å². The van der Waals surface area contributed by atoms with Crippen LogP contribution in [0.3, 0.4) is 0 Å². The zero-order chi connectivity index (χ0) is 23.6. The summed E-state index contributed by atoms with van der Waals surface area (Å²) in [6.07, 6.45) is 0. The maximum Gasteiger partial charge on any atom is 0.277 e. The number of nitrogens with zero attached hydrogens (tertiary/aromatic N) is 3. The van der Waals surface area contributed by atoms with Gasteiger partial charge < -0.3 is 9.84 Å². The van der Waals surface area contributed by atoms with Crippen molar-refractivity contribution in [1.82, 2.24) is 5.16 Å². The topological polar surface area (TPSA) is 188 Å². The number of anilines is 2. The van der Waals surface area contributed by atoms with Gasteiger partial charge >= 0.3 is 0 Å². The molecule has 32 heavy (non-hydrogen) atoms. The van der Waals surface area contributed by atoms with Crippen LogP contribution in [-0.2, 0) is 10.0 Å². The third kappa shape index (κ3) is 4.70. The Morgan fingerprint density at radius 1 is 1.00 bits per heavy atom. The minimum atomic E-state index is -4.00. The van der Waals surface area contributed by atoms with E-state index in [4.69, 9.17) is 4.52 Å². The van der Waals surface area contributed by atoms with Crippen molar-refractivity contribution in [2.75, 3.05) is 10.0 Å². The van der Waals surface area contributed by atoms with Crippen molar-refractivity contribution in [2.45, 2.75) is 18.7 Å². The summed E-state index contributed by atoms with van der Waals surface area (Å²) in [5, 5.41) is 28.0. The Morgan fingerprint density at radius 3 is 2.03 bits per heavy atom. The molecule has 1 amide bonds. The van der Waals surface area contributed by atoms with Crippen molar-refractivity contribution in [1.29, 1.82) is 0 Å². The van der Waals surface area contributed by atoms with Crippen LogP contribution in [0.15, 0.2) is 51.9 Å². The molecule has 0 radical (unpaired) electrons. The molecule has 0 aliphatic heterocycles. The third-order valence-electron chi connectivity index (χ3n) is 4.39. The molecule has 0 bridgehead atoms. The van der Waals surface area contributed by atoms with E-state index in [1.165, 1.54) is 24.3 Å². The van der Waals surface area contributed by atoms with Crippen LogP contribution in [0.25, 0.3) is 0 Å². The van der Waals surface area contributed by atoms with E-state index in [1.54, 1.807) is 13.8 Å². The molecule has 0 fully saturated rings. The van der Waals surface area contributed by atoms with Gasteiger partial charge in [0.15, 0.2) is 0 Å². The number of hydrogen-bond acceptors (Lipinski definition) is 9. The van der Waals surface area contributed by atoms with Gasteiger partial charge in [0.25, 0.3) is 27.3 Å². The Bertz CT molecular complexity index is 1300. The van der Waals surface area contributed by atoms with E-state index in [1.807, 2.05) is 0 Å². The first-order valence-corrected chi connectivity index (χ1v) is 10.3. The van der Waals surface area contributed by atoms with Gasteiger partial charge in [0.05, 0.1) is 32.1 Å². The average Bonchev–Trinajstić information content (AvgIpc) is 3.05. The van der Waals surface area contributed by atoms with Crippen molar-refractivity contribution >= 4 is 38.9 Å². The lowest BCUT2D eigenvalue weighted by Gasteiger charge is -2.08. The fraction of sp³-hybridized carbons (Fsp3) is 0.111. The first-order valence-electron chi connectivity index (χ1n) is 8.79. The van der Waals surface area contributed by atoms with Gasteiger partial charge in [-0.05, 0) is 38.1 Å². The molecule has 166 valence electrons. The van der Waals surface area contributed by atoms with Crippen LogP contribution >= 0.6 is 0 Å². The van der Waals surface area contributed by atoms with E-state index >= 15 is 0 Å². The van der Waals surface area contributed by atoms with E-state index in [0.717, 1.165) is 18.2 Å². The SMILES string of the molecule is Cc1noc(NS(=O)(=O)c2ccc(NC(=O)c3cc([N+](=O)[O-])cc([N+](=O)[O-])c3)cc2)c1C. The molecule has 0 saturated heterocycles. The standard InChI is InChI=1S/C18H15N5O8S/c1-10-11(2)20-31-18(10)21-32(29,30)16-5-3-13(4-6-16)19-17(24)12-7-14(22(25)26)9-15(8-12)23(27)28/h3-9,21H,1-2H3,(H,19,24). The molecule has 14 heteroatoms. The predicted molar refractivity (Wildman–Crippen MR) is 111 cm³/mol. The number of aryl methyl sites for hydroxylation is 1. The fourth-order valence-corrected chi connectivity index (χ4v) is 3.60. The molecular weight excluding hydrogens is 446 g/mol. The molecule has 0 unspecified atom stereocenters. The molecule has 2 N–H and O–H groups in total. The highest BCUT2D eigenvalue weighted by atomic mass is 32.2. The third-order valence-corrected chi connectivity index (χ3v) is 5.74. The van der Waals surface area contributed by atoms with E-state index < -0.39 is 37.2 Å². The van der Waals surface area contributed by atoms with E-state index in [2.05, 4.69) is 15.2 Å². The summed E-state index contributed by atoms with van der Waals surface area (Å²) in [7, 11) is -4.00. The summed E-state index contributed by atoms with van der Waals surface area (Å²) in [6, 6.07) is 7.53. The van der Waals surface area contributed by atoms with Gasteiger partial charge in [-0.3, -0.25) is 25.0 Å². The number of nitro groups is 2. The quantitative estimate of drug-likeness (QED) is 0.393. The van der Waals surface area contributed by atoms with Crippen molar-refractivity contribution in [2.24, 2.45) is 0 Å². The minimum Gasteiger partial charge on any atom is -0.337 e. The van der Waals surface area contributed by atoms with Crippen molar-refractivity contribution < 1.29 is 27.6 Å². The second-order valence-electron chi connectivity index (χ2n) is 6.56. The summed E-state index contributed by atoms with van der Waals surface area (Å²) in [6.45, 7) is 3.30. The second kappa shape index (κ2) is 8.43. The molecule has 1 heterocycles. The summed E-state index contributed by atoms with van der Waals surface area (Å²) < 4.78 is 32.2. The van der Waals surface area contributed by atoms with Crippen LogP contribution in [0.1, 0.15) is 21.6 Å². The highest BCUT2D eigenvalue weighted by Crippen LogP contribution is 2.25. The molecule has 3 rings (SSSR count). The van der Waals surface area contributed by atoms with Crippen LogP contribution < -0.4 is 10.0 Å². The fourth-order valence-electron chi connectivity index (χ4n) is 2.55. The van der Waals surface area contributed by atoms with Gasteiger partial charge in [-0.1, -0.05) is 5.16 Å². The van der Waals surface area contributed by atoms with E-state index in [-0.39, 0.29) is 22.0 Å². The lowest BCUT2D eigenvalue weighted by Crippen LogP contribution is -2.14. The Morgan fingerprint density at radius 2 is 1.56 bits per heavy atom. The van der Waals surface area contributed by atoms with Gasteiger partial charge in [0.1, 0.15) is 0 Å². The molecule has 0 aliphatic carbocycles. The van der Waals surface area contributed by atoms with Crippen LogP contribution in [-0.4, -0.2) is 29.3 Å². The molecule has 2 aromatic carbocycles. The van der Waals surface area contributed by atoms with Gasteiger partial charge in [-0.2, -0.15) is 0 Å². The number of amides is 1. The molecule has 0 spiro atoms. The average molecular weight is 461 g/mol. The number of nitrogens with one attached hydrogen (secondary N) is 2. The monoisotopic (exact) mass is 461 g/mol. The van der Waals surface area contributed by atoms with E-state index in [9.17, 15) is 33.4 Å². The number of benzene rings is 2. The van der Waals surface area contributed by atoms with Crippen LogP contribution in [0.4, 0.5) is 22.9 Å². The highest BCUT2D eigenvalue weighted by Gasteiger charge is 2.21. The van der Waals surface area contributed by atoms with Gasteiger partial charge in [0, 0.05) is 23.4 Å². The molecule has 1 aromatic heterocycles. The summed E-state index contributed by atoms with van der Waals surface area (Å²) in [5.41, 5.74) is -0.314. The number of non-ortho nitro benzene ring substituents is 2. The minimum absolute atomic E-state index is 0.0212. The van der Waals surface area contributed by atoms with E-state index in [0.29, 0.717) is 11.3 Å². The Labute approximate surface area is 180 Å². The highest BCUT2D eigenvalue weighted by molar-refractivity contribution is 7.92.